The second-order valence-electron chi connectivity index (χ2n) is 5.23. The lowest BCUT2D eigenvalue weighted by Gasteiger charge is -2.38. The molecule has 0 saturated heterocycles. The summed E-state index contributed by atoms with van der Waals surface area (Å²) in [6.07, 6.45) is 3.37. The van der Waals surface area contributed by atoms with Crippen molar-refractivity contribution in [2.75, 3.05) is 13.6 Å². The van der Waals surface area contributed by atoms with Crippen LogP contribution < -0.4 is 0 Å². The summed E-state index contributed by atoms with van der Waals surface area (Å²) in [6, 6.07) is 0. The van der Waals surface area contributed by atoms with Crippen LogP contribution in [-0.2, 0) is 4.79 Å². The fourth-order valence-electron chi connectivity index (χ4n) is 2.04. The molecule has 18 heavy (non-hydrogen) atoms. The average Bonchev–Trinajstić information content (AvgIpc) is 2.35. The molecule has 1 heterocycles. The van der Waals surface area contributed by atoms with Gasteiger partial charge < -0.3 is 4.90 Å². The number of ketones is 1. The molecule has 0 radical (unpaired) electrons. The molecule has 4 nitrogen and oxygen atoms in total. The maximum atomic E-state index is 12.0. The topological polar surface area (TPSA) is 35.9 Å². The molecule has 0 N–H and O–H groups in total. The molecule has 0 spiro atoms. The predicted molar refractivity (Wildman–Crippen MR) is 74.9 cm³/mol. The lowest BCUT2D eigenvalue weighted by molar-refractivity contribution is -0.116. The number of hydrogen-bond acceptors (Lipinski definition) is 4. The molecule has 4 heteroatoms. The Hall–Kier alpha value is -1.58. The largest absolute Gasteiger partial charge is 0.333 e. The van der Waals surface area contributed by atoms with Crippen LogP contribution in [0.15, 0.2) is 29.3 Å². The lowest BCUT2D eigenvalue weighted by Crippen LogP contribution is -2.37. The number of rotatable bonds is 5. The Balaban J connectivity index is 3.03. The number of hydrogen-bond donors (Lipinski definition) is 0. The second kappa shape index (κ2) is 5.38. The monoisotopic (exact) mass is 249 g/mol. The number of carbonyl (C=O) groups excluding carboxylic acids is 1. The average molecular weight is 249 g/mol. The number of carbonyl (C=O) groups is 1. The first-order valence-corrected chi connectivity index (χ1v) is 6.25. The van der Waals surface area contributed by atoms with Crippen LogP contribution in [0.1, 0.15) is 33.6 Å². The van der Waals surface area contributed by atoms with Gasteiger partial charge in [-0.1, -0.05) is 27.4 Å². The molecular formula is C14H23N3O. The highest BCUT2D eigenvalue weighted by Gasteiger charge is 2.32. The Morgan fingerprint density at radius 2 is 2.22 bits per heavy atom. The quantitative estimate of drug-likeness (QED) is 0.555. The molecule has 0 aromatic rings. The van der Waals surface area contributed by atoms with Crippen LogP contribution in [0.4, 0.5) is 0 Å². The number of hydrazone groups is 1. The Morgan fingerprint density at radius 3 is 2.72 bits per heavy atom. The van der Waals surface area contributed by atoms with Crippen molar-refractivity contribution in [3.8, 4) is 0 Å². The summed E-state index contributed by atoms with van der Waals surface area (Å²) in [7, 11) is 1.80. The van der Waals surface area contributed by atoms with E-state index in [1.165, 1.54) is 0 Å². The first kappa shape index (κ1) is 14.5. The smallest absolute Gasteiger partial charge is 0.160 e. The van der Waals surface area contributed by atoms with Gasteiger partial charge in [0, 0.05) is 38.5 Å². The van der Waals surface area contributed by atoms with Gasteiger partial charge in [-0.15, -0.1) is 0 Å². The van der Waals surface area contributed by atoms with Crippen LogP contribution in [-0.4, -0.2) is 36.0 Å². The van der Waals surface area contributed by atoms with E-state index in [1.807, 2.05) is 18.0 Å². The molecule has 100 valence electrons. The van der Waals surface area contributed by atoms with Crippen molar-refractivity contribution in [3.05, 3.63) is 24.2 Å². The molecule has 0 saturated carbocycles. The minimum Gasteiger partial charge on any atom is -0.333 e. The van der Waals surface area contributed by atoms with Crippen molar-refractivity contribution in [2.45, 2.75) is 33.6 Å². The van der Waals surface area contributed by atoms with Crippen molar-refractivity contribution in [3.63, 3.8) is 0 Å². The summed E-state index contributed by atoms with van der Waals surface area (Å²) >= 11 is 0. The zero-order chi connectivity index (χ0) is 13.9. The van der Waals surface area contributed by atoms with Crippen molar-refractivity contribution >= 4 is 12.5 Å². The van der Waals surface area contributed by atoms with Gasteiger partial charge in [-0.25, -0.2) is 0 Å². The predicted octanol–water partition coefficient (Wildman–Crippen LogP) is 2.60. The van der Waals surface area contributed by atoms with Crippen LogP contribution >= 0.6 is 0 Å². The van der Waals surface area contributed by atoms with Crippen LogP contribution in [0.2, 0.25) is 0 Å². The first-order valence-electron chi connectivity index (χ1n) is 6.25. The van der Waals surface area contributed by atoms with E-state index in [-0.39, 0.29) is 11.2 Å². The van der Waals surface area contributed by atoms with Crippen LogP contribution in [0.25, 0.3) is 0 Å². The van der Waals surface area contributed by atoms with Crippen molar-refractivity contribution in [2.24, 2.45) is 10.5 Å². The zero-order valence-corrected chi connectivity index (χ0v) is 11.9. The van der Waals surface area contributed by atoms with E-state index < -0.39 is 0 Å². The molecule has 0 atom stereocenters. The SMILES string of the molecule is C=NN(C)C(=C)N1C=C(C(=O)CC)C(C)(C)CC1. The van der Waals surface area contributed by atoms with Gasteiger partial charge in [0.15, 0.2) is 5.78 Å². The summed E-state index contributed by atoms with van der Waals surface area (Å²) in [5.74, 6) is 0.939. The molecule has 0 bridgehead atoms. The molecule has 1 aliphatic rings. The molecule has 1 rings (SSSR count). The molecule has 0 unspecified atom stereocenters. The first-order chi connectivity index (χ1) is 8.33. The molecular weight excluding hydrogens is 226 g/mol. The maximum Gasteiger partial charge on any atom is 0.160 e. The van der Waals surface area contributed by atoms with E-state index in [4.69, 9.17) is 0 Å². The second-order valence-corrected chi connectivity index (χ2v) is 5.23. The van der Waals surface area contributed by atoms with E-state index >= 15 is 0 Å². The molecule has 1 aliphatic heterocycles. The van der Waals surface area contributed by atoms with Crippen LogP contribution in [0, 0.1) is 5.41 Å². The Kier molecular flexibility index (Phi) is 4.33. The molecule has 0 aliphatic carbocycles. The van der Waals surface area contributed by atoms with Gasteiger partial charge >= 0.3 is 0 Å². The summed E-state index contributed by atoms with van der Waals surface area (Å²) in [6.45, 7) is 14.4. The van der Waals surface area contributed by atoms with E-state index in [0.717, 1.165) is 24.4 Å². The summed E-state index contributed by atoms with van der Waals surface area (Å²) < 4.78 is 0. The highest BCUT2D eigenvalue weighted by atomic mass is 16.1. The molecule has 0 aromatic carbocycles. The molecule has 0 fully saturated rings. The Bertz CT molecular complexity index is 396. The van der Waals surface area contributed by atoms with Crippen LogP contribution in [0.3, 0.4) is 0 Å². The maximum absolute atomic E-state index is 12.0. The van der Waals surface area contributed by atoms with Crippen molar-refractivity contribution in [1.29, 1.82) is 0 Å². The molecule has 0 aromatic heterocycles. The third kappa shape index (κ3) is 2.81. The van der Waals surface area contributed by atoms with Crippen molar-refractivity contribution in [1.82, 2.24) is 9.91 Å². The van der Waals surface area contributed by atoms with Gasteiger partial charge in [0.05, 0.1) is 0 Å². The van der Waals surface area contributed by atoms with Gasteiger partial charge in [0.2, 0.25) is 0 Å². The highest BCUT2D eigenvalue weighted by molar-refractivity contribution is 5.96. The van der Waals surface area contributed by atoms with Gasteiger partial charge in [-0.05, 0) is 11.8 Å². The lowest BCUT2D eigenvalue weighted by atomic mass is 9.77. The Labute approximate surface area is 110 Å². The van der Waals surface area contributed by atoms with Gasteiger partial charge in [-0.3, -0.25) is 9.80 Å². The van der Waals surface area contributed by atoms with E-state index in [1.54, 1.807) is 12.1 Å². The standard InChI is InChI=1S/C14H23N3O/c1-7-13(18)12-10-17(9-8-14(12,3)4)11(2)16(6)15-5/h10H,2,5,7-9H2,1,3-4,6H3. The van der Waals surface area contributed by atoms with E-state index in [2.05, 4.69) is 32.2 Å². The zero-order valence-electron chi connectivity index (χ0n) is 11.9. The van der Waals surface area contributed by atoms with Crippen LogP contribution in [0.5, 0.6) is 0 Å². The number of nitrogens with zero attached hydrogens (tertiary/aromatic N) is 3. The normalized spacial score (nSPS) is 18.0. The summed E-state index contributed by atoms with van der Waals surface area (Å²) in [5.41, 5.74) is 0.805. The Morgan fingerprint density at radius 1 is 1.61 bits per heavy atom. The van der Waals surface area contributed by atoms with Gasteiger partial charge in [0.25, 0.3) is 0 Å². The fraction of sp³-hybridized carbons (Fsp3) is 0.571. The van der Waals surface area contributed by atoms with E-state index in [0.29, 0.717) is 6.42 Å². The number of allylic oxidation sites excluding steroid dienone is 1. The summed E-state index contributed by atoms with van der Waals surface area (Å²) in [4.78, 5) is 14.0. The van der Waals surface area contributed by atoms with Gasteiger partial charge in [0.1, 0.15) is 5.82 Å². The van der Waals surface area contributed by atoms with Gasteiger partial charge in [-0.2, -0.15) is 5.10 Å². The minimum atomic E-state index is -0.0654. The molecule has 0 amide bonds. The third-order valence-electron chi connectivity index (χ3n) is 3.53. The minimum absolute atomic E-state index is 0.0654. The van der Waals surface area contributed by atoms with E-state index in [9.17, 15) is 4.79 Å². The summed E-state index contributed by atoms with van der Waals surface area (Å²) in [5, 5.41) is 5.43. The number of Topliss-reactive ketones (excluding diaryl/α,β-unsaturated/α-hetero) is 1. The highest BCUT2D eigenvalue weighted by Crippen LogP contribution is 2.36. The van der Waals surface area contributed by atoms with Crippen molar-refractivity contribution < 1.29 is 4.79 Å². The fourth-order valence-corrected chi connectivity index (χ4v) is 2.04. The third-order valence-corrected chi connectivity index (χ3v) is 3.53.